The van der Waals surface area contributed by atoms with Crippen LogP contribution in [0, 0.1) is 0 Å². The Morgan fingerprint density at radius 1 is 0.963 bits per heavy atom. The summed E-state index contributed by atoms with van der Waals surface area (Å²) in [4.78, 5) is 19.6. The van der Waals surface area contributed by atoms with E-state index in [9.17, 15) is 4.79 Å². The zero-order valence-electron chi connectivity index (χ0n) is 15.1. The van der Waals surface area contributed by atoms with Crippen LogP contribution in [0.25, 0.3) is 16.8 Å². The molecule has 0 radical (unpaired) electrons. The fraction of sp³-hybridized carbons (Fsp3) is 0.0909. The lowest BCUT2D eigenvalue weighted by Crippen LogP contribution is -2.19. The third kappa shape index (κ3) is 3.88. The maximum absolute atomic E-state index is 12.3. The minimum absolute atomic E-state index is 0.115. The maximum Gasteiger partial charge on any atom is 0.264 e. The van der Waals surface area contributed by atoms with Gasteiger partial charge in [0.15, 0.2) is 5.17 Å². The molecule has 1 saturated heterocycles. The molecule has 1 heterocycles. The summed E-state index contributed by atoms with van der Waals surface area (Å²) in [5.74, 6) is -0.115. The lowest BCUT2D eigenvalue weighted by Gasteiger charge is -2.11. The molecule has 3 aromatic carbocycles. The van der Waals surface area contributed by atoms with Crippen molar-refractivity contribution in [2.24, 2.45) is 4.99 Å². The van der Waals surface area contributed by atoms with E-state index in [2.05, 4.69) is 22.4 Å². The van der Waals surface area contributed by atoms with Crippen molar-refractivity contribution in [1.29, 1.82) is 0 Å². The Hall–Kier alpha value is -3.05. The standard InChI is InChI=1S/C22H19N3OS/c1-25(2)19-11-7-15(8-12-19)13-20-21(26)24-22(27-20)23-18-10-9-16-5-3-4-6-17(16)14-18/h3-14H,1-2H3,(H,23,24,26)/b20-13-. The molecule has 0 atom stereocenters. The average Bonchev–Trinajstić information content (AvgIpc) is 3.01. The molecule has 4 nitrogen and oxygen atoms in total. The Labute approximate surface area is 162 Å². The van der Waals surface area contributed by atoms with E-state index in [1.807, 2.05) is 79.7 Å². The van der Waals surface area contributed by atoms with Crippen LogP contribution in [0.1, 0.15) is 5.56 Å². The largest absolute Gasteiger partial charge is 0.378 e. The molecule has 0 unspecified atom stereocenters. The third-order valence-corrected chi connectivity index (χ3v) is 5.23. The first kappa shape index (κ1) is 17.4. The normalized spacial score (nSPS) is 16.9. The summed E-state index contributed by atoms with van der Waals surface area (Å²) in [5.41, 5.74) is 2.94. The van der Waals surface area contributed by atoms with E-state index in [0.29, 0.717) is 10.1 Å². The second-order valence-corrected chi connectivity index (χ2v) is 7.53. The summed E-state index contributed by atoms with van der Waals surface area (Å²) >= 11 is 1.36. The highest BCUT2D eigenvalue weighted by atomic mass is 32.2. The van der Waals surface area contributed by atoms with Gasteiger partial charge in [-0.1, -0.05) is 42.5 Å². The van der Waals surface area contributed by atoms with Gasteiger partial charge >= 0.3 is 0 Å². The molecule has 0 spiro atoms. The number of anilines is 1. The van der Waals surface area contributed by atoms with Gasteiger partial charge in [-0.25, -0.2) is 4.99 Å². The Balaban J connectivity index is 1.56. The highest BCUT2D eigenvalue weighted by Crippen LogP contribution is 2.29. The van der Waals surface area contributed by atoms with Gasteiger partial charge in [0.05, 0.1) is 10.6 Å². The van der Waals surface area contributed by atoms with Gasteiger partial charge in [0.1, 0.15) is 0 Å². The monoisotopic (exact) mass is 373 g/mol. The van der Waals surface area contributed by atoms with Crippen LogP contribution in [0.2, 0.25) is 0 Å². The van der Waals surface area contributed by atoms with Crippen LogP contribution in [0.4, 0.5) is 11.4 Å². The van der Waals surface area contributed by atoms with Crippen LogP contribution < -0.4 is 10.2 Å². The first-order chi connectivity index (χ1) is 13.1. The van der Waals surface area contributed by atoms with E-state index in [1.165, 1.54) is 17.1 Å². The first-order valence-electron chi connectivity index (χ1n) is 8.64. The van der Waals surface area contributed by atoms with Crippen LogP contribution >= 0.6 is 11.8 Å². The average molecular weight is 373 g/mol. The number of nitrogens with zero attached hydrogens (tertiary/aromatic N) is 2. The Kier molecular flexibility index (Phi) is 4.69. The number of fused-ring (bicyclic) bond motifs is 1. The molecule has 1 fully saturated rings. The van der Waals surface area contributed by atoms with Gasteiger partial charge < -0.3 is 10.2 Å². The third-order valence-electron chi connectivity index (χ3n) is 4.32. The minimum Gasteiger partial charge on any atom is -0.378 e. The molecule has 3 aromatic rings. The van der Waals surface area contributed by atoms with E-state index < -0.39 is 0 Å². The first-order valence-corrected chi connectivity index (χ1v) is 9.46. The molecule has 1 N–H and O–H groups in total. The molecular weight excluding hydrogens is 354 g/mol. The zero-order valence-corrected chi connectivity index (χ0v) is 16.0. The van der Waals surface area contributed by atoms with Crippen molar-refractivity contribution in [3.05, 3.63) is 77.2 Å². The molecule has 1 aliphatic rings. The van der Waals surface area contributed by atoms with Crippen molar-refractivity contribution in [3.63, 3.8) is 0 Å². The van der Waals surface area contributed by atoms with Crippen molar-refractivity contribution in [2.45, 2.75) is 0 Å². The van der Waals surface area contributed by atoms with Gasteiger partial charge in [-0.3, -0.25) is 4.79 Å². The molecule has 1 amide bonds. The highest BCUT2D eigenvalue weighted by molar-refractivity contribution is 8.18. The van der Waals surface area contributed by atoms with E-state index in [1.54, 1.807) is 0 Å². The number of amidine groups is 1. The number of benzene rings is 3. The van der Waals surface area contributed by atoms with E-state index in [-0.39, 0.29) is 5.91 Å². The summed E-state index contributed by atoms with van der Waals surface area (Å²) in [6.45, 7) is 0. The van der Waals surface area contributed by atoms with Crippen molar-refractivity contribution in [3.8, 4) is 0 Å². The van der Waals surface area contributed by atoms with E-state index in [0.717, 1.165) is 22.3 Å². The van der Waals surface area contributed by atoms with Crippen LogP contribution in [0.3, 0.4) is 0 Å². The molecule has 0 aliphatic carbocycles. The van der Waals surface area contributed by atoms with Crippen molar-refractivity contribution >= 4 is 51.1 Å². The molecule has 134 valence electrons. The summed E-state index contributed by atoms with van der Waals surface area (Å²) in [6, 6.07) is 22.3. The molecule has 1 aliphatic heterocycles. The predicted molar refractivity (Wildman–Crippen MR) is 116 cm³/mol. The summed E-state index contributed by atoms with van der Waals surface area (Å²) in [6.07, 6.45) is 1.89. The van der Waals surface area contributed by atoms with Gasteiger partial charge in [-0.05, 0) is 58.4 Å². The molecule has 27 heavy (non-hydrogen) atoms. The number of hydrogen-bond acceptors (Lipinski definition) is 4. The number of thioether (sulfide) groups is 1. The molecule has 0 saturated carbocycles. The van der Waals surface area contributed by atoms with Crippen molar-refractivity contribution in [2.75, 3.05) is 19.0 Å². The number of carbonyl (C=O) groups excluding carboxylic acids is 1. The predicted octanol–water partition coefficient (Wildman–Crippen LogP) is 4.80. The minimum atomic E-state index is -0.115. The molecule has 0 aromatic heterocycles. The number of rotatable bonds is 3. The Morgan fingerprint density at radius 3 is 2.44 bits per heavy atom. The Bertz CT molecular complexity index is 1070. The van der Waals surface area contributed by atoms with Crippen LogP contribution in [-0.4, -0.2) is 25.2 Å². The SMILES string of the molecule is CN(C)c1ccc(/C=C2\SC(=Nc3ccc4ccccc4c3)NC2=O)cc1. The number of amides is 1. The van der Waals surface area contributed by atoms with E-state index in [4.69, 9.17) is 0 Å². The van der Waals surface area contributed by atoms with Gasteiger partial charge in [-0.2, -0.15) is 0 Å². The van der Waals surface area contributed by atoms with Gasteiger partial charge in [0.25, 0.3) is 5.91 Å². The van der Waals surface area contributed by atoms with Crippen molar-refractivity contribution < 1.29 is 4.79 Å². The van der Waals surface area contributed by atoms with Crippen molar-refractivity contribution in [1.82, 2.24) is 5.32 Å². The second-order valence-electron chi connectivity index (χ2n) is 6.50. The molecule has 0 bridgehead atoms. The van der Waals surface area contributed by atoms with Crippen LogP contribution in [-0.2, 0) is 4.79 Å². The summed E-state index contributed by atoms with van der Waals surface area (Å²) in [7, 11) is 4.01. The fourth-order valence-electron chi connectivity index (χ4n) is 2.86. The van der Waals surface area contributed by atoms with Crippen LogP contribution in [0.5, 0.6) is 0 Å². The number of hydrogen-bond donors (Lipinski definition) is 1. The lowest BCUT2D eigenvalue weighted by molar-refractivity contribution is -0.115. The smallest absolute Gasteiger partial charge is 0.264 e. The summed E-state index contributed by atoms with van der Waals surface area (Å²) < 4.78 is 0. The molecule has 4 rings (SSSR count). The van der Waals surface area contributed by atoms with E-state index >= 15 is 0 Å². The Morgan fingerprint density at radius 2 is 1.70 bits per heavy atom. The number of carbonyl (C=O) groups is 1. The van der Waals surface area contributed by atoms with Gasteiger partial charge in [0, 0.05) is 19.8 Å². The molecule has 5 heteroatoms. The number of nitrogens with one attached hydrogen (secondary N) is 1. The summed E-state index contributed by atoms with van der Waals surface area (Å²) in [5, 5.41) is 5.75. The zero-order chi connectivity index (χ0) is 18.8. The lowest BCUT2D eigenvalue weighted by atomic mass is 10.1. The maximum atomic E-state index is 12.3. The fourth-order valence-corrected chi connectivity index (χ4v) is 3.71. The number of aliphatic imine (C=N–C) groups is 1. The molecular formula is C22H19N3OS. The van der Waals surface area contributed by atoms with Gasteiger partial charge in [-0.15, -0.1) is 0 Å². The highest BCUT2D eigenvalue weighted by Gasteiger charge is 2.23. The van der Waals surface area contributed by atoms with Gasteiger partial charge in [0.2, 0.25) is 0 Å². The topological polar surface area (TPSA) is 44.7 Å². The van der Waals surface area contributed by atoms with Crippen LogP contribution in [0.15, 0.2) is 76.6 Å². The quantitative estimate of drug-likeness (QED) is 0.671. The second kappa shape index (κ2) is 7.29.